The molecule has 1 aliphatic carbocycles. The Hall–Kier alpha value is -3.12. The Morgan fingerprint density at radius 2 is 1.79 bits per heavy atom. The van der Waals surface area contributed by atoms with Crippen molar-refractivity contribution >= 4 is 23.3 Å². The van der Waals surface area contributed by atoms with E-state index in [1.165, 1.54) is 6.33 Å². The first-order valence-corrected chi connectivity index (χ1v) is 9.84. The molecule has 0 amide bonds. The van der Waals surface area contributed by atoms with E-state index in [0.717, 1.165) is 34.6 Å². The van der Waals surface area contributed by atoms with E-state index in [2.05, 4.69) is 15.4 Å². The van der Waals surface area contributed by atoms with E-state index < -0.39 is 0 Å². The van der Waals surface area contributed by atoms with Crippen LogP contribution in [0.5, 0.6) is 5.75 Å². The summed E-state index contributed by atoms with van der Waals surface area (Å²) in [5.74, 6) is 1.65. The average Bonchev–Trinajstić information content (AvgIpc) is 3.21. The molecule has 5 rings (SSSR count). The number of carbonyl (C=O) groups excluding carboxylic acids is 1. The van der Waals surface area contributed by atoms with Gasteiger partial charge in [0.15, 0.2) is 5.78 Å². The van der Waals surface area contributed by atoms with Gasteiger partial charge in [-0.05, 0) is 47.7 Å². The van der Waals surface area contributed by atoms with Gasteiger partial charge < -0.3 is 10.1 Å². The first kappa shape index (κ1) is 17.9. The van der Waals surface area contributed by atoms with Crippen LogP contribution in [0.2, 0.25) is 5.02 Å². The smallest absolute Gasteiger partial charge is 0.226 e. The third kappa shape index (κ3) is 3.09. The maximum Gasteiger partial charge on any atom is 0.226 e. The molecule has 7 heteroatoms. The number of nitrogens with one attached hydrogen (secondary N) is 1. The molecular formula is C22H19ClN4O2. The summed E-state index contributed by atoms with van der Waals surface area (Å²) in [6.07, 6.45) is 2.71. The van der Waals surface area contributed by atoms with Gasteiger partial charge in [0.05, 0.1) is 7.11 Å². The van der Waals surface area contributed by atoms with Gasteiger partial charge in [-0.25, -0.2) is 4.68 Å². The zero-order valence-electron chi connectivity index (χ0n) is 15.8. The number of hydrogen-bond donors (Lipinski definition) is 1. The molecule has 2 aliphatic rings. The number of hydrogen-bond acceptors (Lipinski definition) is 5. The molecule has 1 N–H and O–H groups in total. The maximum absolute atomic E-state index is 13.3. The third-order valence-corrected chi connectivity index (χ3v) is 5.89. The van der Waals surface area contributed by atoms with Gasteiger partial charge in [0.1, 0.15) is 18.1 Å². The Kier molecular flexibility index (Phi) is 4.36. The first-order valence-electron chi connectivity index (χ1n) is 9.46. The fourth-order valence-electron chi connectivity index (χ4n) is 4.22. The minimum atomic E-state index is -0.298. The van der Waals surface area contributed by atoms with Crippen molar-refractivity contribution in [2.45, 2.75) is 24.8 Å². The summed E-state index contributed by atoms with van der Waals surface area (Å²) in [6.45, 7) is 0. The van der Waals surface area contributed by atoms with Crippen LogP contribution in [0.3, 0.4) is 0 Å². The molecule has 1 aliphatic heterocycles. The summed E-state index contributed by atoms with van der Waals surface area (Å²) < 4.78 is 7.05. The SMILES string of the molecule is COc1ccc([C@@H]2C3=C(C[C@H](c4ccc(Cl)cc4)CC3=O)Nc3ncnn32)cc1. The van der Waals surface area contributed by atoms with E-state index in [0.29, 0.717) is 17.4 Å². The molecule has 6 nitrogen and oxygen atoms in total. The summed E-state index contributed by atoms with van der Waals surface area (Å²) in [4.78, 5) is 17.7. The molecule has 2 aromatic carbocycles. The molecule has 0 radical (unpaired) electrons. The number of Topliss-reactive ketones (excluding diaryl/α,β-unsaturated/α-hetero) is 1. The molecule has 2 atom stereocenters. The van der Waals surface area contributed by atoms with Crippen molar-refractivity contribution in [1.82, 2.24) is 14.8 Å². The third-order valence-electron chi connectivity index (χ3n) is 5.63. The van der Waals surface area contributed by atoms with E-state index >= 15 is 0 Å². The Balaban J connectivity index is 1.56. The van der Waals surface area contributed by atoms with Crippen molar-refractivity contribution < 1.29 is 9.53 Å². The molecule has 2 heterocycles. The van der Waals surface area contributed by atoms with Crippen molar-refractivity contribution in [3.8, 4) is 5.75 Å². The van der Waals surface area contributed by atoms with Gasteiger partial charge in [0.2, 0.25) is 5.95 Å². The van der Waals surface area contributed by atoms with Crippen LogP contribution in [0.1, 0.15) is 35.9 Å². The standard InChI is InChI=1S/C22H19ClN4O2/c1-29-17-8-4-14(5-9-17)21-20-18(26-22-24-12-25-27(21)22)10-15(11-19(20)28)13-2-6-16(23)7-3-13/h2-9,12,15,21H,10-11H2,1H3,(H,24,25,26)/t15-,21+/m0/s1. The topological polar surface area (TPSA) is 69.0 Å². The van der Waals surface area contributed by atoms with Crippen molar-refractivity contribution in [3.05, 3.63) is 82.3 Å². The lowest BCUT2D eigenvalue weighted by molar-refractivity contribution is -0.116. The minimum absolute atomic E-state index is 0.108. The van der Waals surface area contributed by atoms with Crippen LogP contribution in [0.4, 0.5) is 5.95 Å². The highest BCUT2D eigenvalue weighted by atomic mass is 35.5. The Labute approximate surface area is 173 Å². The largest absolute Gasteiger partial charge is 0.497 e. The monoisotopic (exact) mass is 406 g/mol. The number of halogens is 1. The summed E-state index contributed by atoms with van der Waals surface area (Å²) in [6, 6.07) is 15.2. The maximum atomic E-state index is 13.3. The van der Waals surface area contributed by atoms with Crippen LogP contribution in [0.25, 0.3) is 0 Å². The fourth-order valence-corrected chi connectivity index (χ4v) is 4.34. The number of ether oxygens (including phenoxy) is 1. The average molecular weight is 407 g/mol. The molecular weight excluding hydrogens is 388 g/mol. The van der Waals surface area contributed by atoms with Crippen LogP contribution >= 0.6 is 11.6 Å². The van der Waals surface area contributed by atoms with E-state index in [4.69, 9.17) is 16.3 Å². The molecule has 1 aromatic heterocycles. The molecule has 146 valence electrons. The number of anilines is 1. The van der Waals surface area contributed by atoms with Gasteiger partial charge in [-0.2, -0.15) is 10.1 Å². The molecule has 3 aromatic rings. The second-order valence-electron chi connectivity index (χ2n) is 7.30. The molecule has 29 heavy (non-hydrogen) atoms. The summed E-state index contributed by atoms with van der Waals surface area (Å²) >= 11 is 6.03. The Morgan fingerprint density at radius 1 is 1.07 bits per heavy atom. The lowest BCUT2D eigenvalue weighted by Gasteiger charge is -2.35. The first-order chi connectivity index (χ1) is 14.1. The lowest BCUT2D eigenvalue weighted by Crippen LogP contribution is -2.33. The van der Waals surface area contributed by atoms with Gasteiger partial charge in [-0.15, -0.1) is 0 Å². The van der Waals surface area contributed by atoms with Gasteiger partial charge in [0, 0.05) is 22.7 Å². The predicted octanol–water partition coefficient (Wildman–Crippen LogP) is 4.36. The number of aromatic nitrogens is 3. The molecule has 0 bridgehead atoms. The zero-order valence-corrected chi connectivity index (χ0v) is 16.6. The summed E-state index contributed by atoms with van der Waals surface area (Å²) in [7, 11) is 1.64. The van der Waals surface area contributed by atoms with Gasteiger partial charge in [-0.3, -0.25) is 4.79 Å². The number of rotatable bonds is 3. The number of ketones is 1. The van der Waals surface area contributed by atoms with Crippen LogP contribution < -0.4 is 10.1 Å². The normalized spacial score (nSPS) is 20.7. The number of allylic oxidation sites excluding steroid dienone is 2. The Bertz CT molecular complexity index is 1100. The van der Waals surface area contributed by atoms with Crippen LogP contribution in [-0.4, -0.2) is 27.7 Å². The van der Waals surface area contributed by atoms with E-state index in [1.807, 2.05) is 48.5 Å². The van der Waals surface area contributed by atoms with E-state index in [1.54, 1.807) is 11.8 Å². The van der Waals surface area contributed by atoms with Crippen LogP contribution in [0, 0.1) is 0 Å². The molecule has 0 unspecified atom stereocenters. The van der Waals surface area contributed by atoms with E-state index in [9.17, 15) is 4.79 Å². The molecule has 0 saturated carbocycles. The molecule has 0 spiro atoms. The quantitative estimate of drug-likeness (QED) is 0.700. The second-order valence-corrected chi connectivity index (χ2v) is 7.74. The summed E-state index contributed by atoms with van der Waals surface area (Å²) in [5.41, 5.74) is 3.77. The Morgan fingerprint density at radius 3 is 2.52 bits per heavy atom. The number of benzene rings is 2. The van der Waals surface area contributed by atoms with Crippen LogP contribution in [-0.2, 0) is 4.79 Å². The number of methoxy groups -OCH3 is 1. The summed E-state index contributed by atoms with van der Waals surface area (Å²) in [5, 5.41) is 8.41. The highest BCUT2D eigenvalue weighted by molar-refractivity contribution is 6.30. The molecule has 0 fully saturated rings. The number of fused-ring (bicyclic) bond motifs is 1. The van der Waals surface area contributed by atoms with E-state index in [-0.39, 0.29) is 17.7 Å². The predicted molar refractivity (Wildman–Crippen MR) is 110 cm³/mol. The molecule has 0 saturated heterocycles. The van der Waals surface area contributed by atoms with Crippen molar-refractivity contribution in [2.24, 2.45) is 0 Å². The van der Waals surface area contributed by atoms with Gasteiger partial charge in [0.25, 0.3) is 0 Å². The van der Waals surface area contributed by atoms with Crippen molar-refractivity contribution in [3.63, 3.8) is 0 Å². The zero-order chi connectivity index (χ0) is 20.0. The fraction of sp³-hybridized carbons (Fsp3) is 0.227. The van der Waals surface area contributed by atoms with Crippen LogP contribution in [0.15, 0.2) is 66.1 Å². The highest BCUT2D eigenvalue weighted by Gasteiger charge is 2.39. The minimum Gasteiger partial charge on any atom is -0.497 e. The second kappa shape index (κ2) is 7.04. The van der Waals surface area contributed by atoms with Crippen molar-refractivity contribution in [2.75, 3.05) is 12.4 Å². The lowest BCUT2D eigenvalue weighted by atomic mass is 9.78. The number of carbonyl (C=O) groups is 1. The highest BCUT2D eigenvalue weighted by Crippen LogP contribution is 2.44. The van der Waals surface area contributed by atoms with Crippen molar-refractivity contribution in [1.29, 1.82) is 0 Å². The number of nitrogens with zero attached hydrogens (tertiary/aromatic N) is 3. The van der Waals surface area contributed by atoms with Gasteiger partial charge in [-0.1, -0.05) is 35.9 Å². The van der Waals surface area contributed by atoms with Gasteiger partial charge >= 0.3 is 0 Å².